The third-order valence-corrected chi connectivity index (χ3v) is 6.85. The van der Waals surface area contributed by atoms with E-state index in [4.69, 9.17) is 14.2 Å². The van der Waals surface area contributed by atoms with Crippen molar-refractivity contribution in [2.45, 2.75) is 39.2 Å². The van der Waals surface area contributed by atoms with Gasteiger partial charge in [-0.25, -0.2) is 9.69 Å². The molecule has 1 N–H and O–H groups in total. The van der Waals surface area contributed by atoms with Gasteiger partial charge in [0.25, 0.3) is 5.91 Å². The van der Waals surface area contributed by atoms with Crippen molar-refractivity contribution in [1.29, 1.82) is 0 Å². The van der Waals surface area contributed by atoms with Gasteiger partial charge in [-0.2, -0.15) is 5.10 Å². The van der Waals surface area contributed by atoms with E-state index in [0.29, 0.717) is 49.4 Å². The normalized spacial score (nSPS) is 18.0. The molecule has 10 nitrogen and oxygen atoms in total. The molecule has 0 spiro atoms. The molecule has 1 saturated carbocycles. The number of carbonyl (C=O) groups is 3. The minimum Gasteiger partial charge on any atom is -0.466 e. The number of hydrogen-bond donors (Lipinski definition) is 1. The van der Waals surface area contributed by atoms with Crippen LogP contribution in [0.5, 0.6) is 11.5 Å². The van der Waals surface area contributed by atoms with Gasteiger partial charge in [0, 0.05) is 23.9 Å². The van der Waals surface area contributed by atoms with Crippen molar-refractivity contribution < 1.29 is 28.6 Å². The molecule has 3 aromatic rings. The summed E-state index contributed by atoms with van der Waals surface area (Å²) in [5.74, 6) is -0.0587. The van der Waals surface area contributed by atoms with Crippen LogP contribution in [0.2, 0.25) is 0 Å². The van der Waals surface area contributed by atoms with Crippen molar-refractivity contribution in [2.24, 2.45) is 11.8 Å². The Labute approximate surface area is 220 Å². The summed E-state index contributed by atoms with van der Waals surface area (Å²) < 4.78 is 17.7. The number of carbonyl (C=O) groups excluding carboxylic acids is 3. The highest BCUT2D eigenvalue weighted by molar-refractivity contribution is 5.96. The molecule has 1 aliphatic carbocycles. The number of fused-ring (bicyclic) bond motifs is 1. The molecule has 5 rings (SSSR count). The summed E-state index contributed by atoms with van der Waals surface area (Å²) in [4.78, 5) is 39.1. The number of esters is 1. The van der Waals surface area contributed by atoms with Crippen LogP contribution in [-0.4, -0.2) is 46.0 Å². The molecule has 1 fully saturated rings. The number of nitrogens with zero attached hydrogens (tertiary/aromatic N) is 3. The largest absolute Gasteiger partial charge is 0.466 e. The van der Waals surface area contributed by atoms with E-state index < -0.39 is 0 Å². The second-order valence-corrected chi connectivity index (χ2v) is 9.36. The number of nitrogens with one attached hydrogen (secondary N) is 1. The molecule has 0 radical (unpaired) electrons. The van der Waals surface area contributed by atoms with Crippen molar-refractivity contribution in [3.8, 4) is 17.2 Å². The Bertz CT molecular complexity index is 1300. The van der Waals surface area contributed by atoms with Gasteiger partial charge < -0.3 is 14.2 Å². The van der Waals surface area contributed by atoms with Crippen LogP contribution in [0, 0.1) is 11.8 Å². The Morgan fingerprint density at radius 3 is 2.58 bits per heavy atom. The second-order valence-electron chi connectivity index (χ2n) is 9.36. The number of ether oxygens (including phenoxy) is 3. The maximum atomic E-state index is 13.7. The first-order valence-corrected chi connectivity index (χ1v) is 12.8. The van der Waals surface area contributed by atoms with Crippen LogP contribution in [0.3, 0.4) is 0 Å². The van der Waals surface area contributed by atoms with E-state index in [-0.39, 0.29) is 43.0 Å². The summed E-state index contributed by atoms with van der Waals surface area (Å²) in [5.41, 5.74) is 4.77. The Balaban J connectivity index is 1.33. The number of hydrogen-bond acceptors (Lipinski definition) is 7. The molecule has 0 atom stereocenters. The number of amides is 2. The van der Waals surface area contributed by atoms with Gasteiger partial charge in [0.05, 0.1) is 24.8 Å². The fraction of sp³-hybridized carbons (Fsp3) is 0.357. The zero-order chi connectivity index (χ0) is 26.5. The highest BCUT2D eigenvalue weighted by Crippen LogP contribution is 2.33. The van der Waals surface area contributed by atoms with Crippen molar-refractivity contribution >= 4 is 17.8 Å². The summed E-state index contributed by atoms with van der Waals surface area (Å²) in [5, 5.41) is 5.57. The molecule has 0 bridgehead atoms. The standard InChI is InChI=1S/C28H30N4O6/c1-2-36-28(35)21-10-8-20(9-11-21)26(33)30-32(17-19-7-12-24-25(15-19)38-18-37-24)27(34)22-5-3-6-23(16-22)31-14-4-13-29-31/h3-7,12-16,20-21H,2,8-11,17-18H2,1H3,(H,30,33)/t20-,21-. The van der Waals surface area contributed by atoms with Crippen LogP contribution < -0.4 is 14.9 Å². The SMILES string of the molecule is CCOC(=O)[C@H]1CC[C@H](C(=O)NN(Cc2ccc3c(c2)OCO3)C(=O)c2cccc(-n3cccn3)c2)CC1. The molecular formula is C28H30N4O6. The van der Waals surface area contributed by atoms with E-state index in [2.05, 4.69) is 10.5 Å². The summed E-state index contributed by atoms with van der Waals surface area (Å²) in [6, 6.07) is 14.3. The molecule has 1 aromatic heterocycles. The Hall–Kier alpha value is -4.34. The zero-order valence-electron chi connectivity index (χ0n) is 21.2. The summed E-state index contributed by atoms with van der Waals surface area (Å²) in [7, 11) is 0. The lowest BCUT2D eigenvalue weighted by atomic mass is 9.81. The van der Waals surface area contributed by atoms with Gasteiger partial charge in [0.1, 0.15) is 0 Å². The topological polar surface area (TPSA) is 112 Å². The van der Waals surface area contributed by atoms with Crippen LogP contribution in [-0.2, 0) is 20.9 Å². The van der Waals surface area contributed by atoms with Gasteiger partial charge in [-0.05, 0) is 74.6 Å². The van der Waals surface area contributed by atoms with E-state index in [9.17, 15) is 14.4 Å². The van der Waals surface area contributed by atoms with Crippen LogP contribution in [0.1, 0.15) is 48.5 Å². The molecule has 2 aromatic carbocycles. The molecule has 2 heterocycles. The fourth-order valence-corrected chi connectivity index (χ4v) is 4.82. The lowest BCUT2D eigenvalue weighted by Crippen LogP contribution is -2.48. The van der Waals surface area contributed by atoms with Crippen molar-refractivity contribution in [2.75, 3.05) is 13.4 Å². The van der Waals surface area contributed by atoms with E-state index >= 15 is 0 Å². The van der Waals surface area contributed by atoms with Gasteiger partial charge >= 0.3 is 5.97 Å². The predicted molar refractivity (Wildman–Crippen MR) is 136 cm³/mol. The lowest BCUT2D eigenvalue weighted by molar-refractivity contribution is -0.150. The predicted octanol–water partition coefficient (Wildman–Crippen LogP) is 3.64. The maximum Gasteiger partial charge on any atom is 0.308 e. The van der Waals surface area contributed by atoms with E-state index in [1.54, 1.807) is 60.4 Å². The summed E-state index contributed by atoms with van der Waals surface area (Å²) >= 11 is 0. The molecule has 2 amide bonds. The highest BCUT2D eigenvalue weighted by atomic mass is 16.7. The van der Waals surface area contributed by atoms with E-state index in [1.807, 2.05) is 12.1 Å². The van der Waals surface area contributed by atoms with E-state index in [0.717, 1.165) is 11.3 Å². The van der Waals surface area contributed by atoms with Crippen LogP contribution in [0.15, 0.2) is 60.9 Å². The lowest BCUT2D eigenvalue weighted by Gasteiger charge is -2.30. The van der Waals surface area contributed by atoms with Crippen molar-refractivity contribution in [3.63, 3.8) is 0 Å². The molecule has 1 aliphatic heterocycles. The average Bonchev–Trinajstić information content (AvgIpc) is 3.65. The molecule has 10 heteroatoms. The van der Waals surface area contributed by atoms with Gasteiger partial charge in [0.15, 0.2) is 11.5 Å². The monoisotopic (exact) mass is 518 g/mol. The third kappa shape index (κ3) is 5.64. The molecule has 38 heavy (non-hydrogen) atoms. The van der Waals surface area contributed by atoms with Crippen LogP contribution in [0.25, 0.3) is 5.69 Å². The van der Waals surface area contributed by atoms with Crippen molar-refractivity contribution in [3.05, 3.63) is 72.1 Å². The maximum absolute atomic E-state index is 13.7. The minimum absolute atomic E-state index is 0.130. The minimum atomic E-state index is -0.356. The molecule has 0 saturated heterocycles. The average molecular weight is 519 g/mol. The van der Waals surface area contributed by atoms with E-state index in [1.165, 1.54) is 5.01 Å². The first-order valence-electron chi connectivity index (χ1n) is 12.8. The van der Waals surface area contributed by atoms with Gasteiger partial charge in [-0.15, -0.1) is 0 Å². The second kappa shape index (κ2) is 11.4. The van der Waals surface area contributed by atoms with Crippen molar-refractivity contribution in [1.82, 2.24) is 20.2 Å². The first-order chi connectivity index (χ1) is 18.5. The van der Waals surface area contributed by atoms with Gasteiger partial charge in [-0.1, -0.05) is 12.1 Å². The molecule has 0 unspecified atom stereocenters. The van der Waals surface area contributed by atoms with Gasteiger partial charge in [0.2, 0.25) is 12.7 Å². The zero-order valence-corrected chi connectivity index (χ0v) is 21.2. The fourth-order valence-electron chi connectivity index (χ4n) is 4.82. The quantitative estimate of drug-likeness (QED) is 0.375. The highest BCUT2D eigenvalue weighted by Gasteiger charge is 2.32. The Morgan fingerprint density at radius 2 is 1.82 bits per heavy atom. The van der Waals surface area contributed by atoms with Gasteiger partial charge in [-0.3, -0.25) is 19.8 Å². The van der Waals surface area contributed by atoms with Crippen LogP contribution >= 0.6 is 0 Å². The Kier molecular flexibility index (Phi) is 7.57. The smallest absolute Gasteiger partial charge is 0.308 e. The number of aromatic nitrogens is 2. The summed E-state index contributed by atoms with van der Waals surface area (Å²) in [6.45, 7) is 2.41. The molecular weight excluding hydrogens is 488 g/mol. The molecule has 198 valence electrons. The van der Waals surface area contributed by atoms with Crippen LogP contribution in [0.4, 0.5) is 0 Å². The number of rotatable bonds is 7. The Morgan fingerprint density at radius 1 is 1.03 bits per heavy atom. The number of benzene rings is 2. The third-order valence-electron chi connectivity index (χ3n) is 6.85. The first kappa shape index (κ1) is 25.3. The molecule has 2 aliphatic rings. The number of hydrazine groups is 1. The summed E-state index contributed by atoms with van der Waals surface area (Å²) in [6.07, 6.45) is 5.73.